The molecule has 4 rings (SSSR count). The maximum Gasteiger partial charge on any atom is 0.278 e. The third kappa shape index (κ3) is 3.46. The molecule has 1 aromatic carbocycles. The summed E-state index contributed by atoms with van der Waals surface area (Å²) < 4.78 is 7.86. The van der Waals surface area contributed by atoms with E-state index in [1.807, 2.05) is 37.3 Å². The van der Waals surface area contributed by atoms with Gasteiger partial charge in [0.25, 0.3) is 5.91 Å². The number of fused-ring (bicyclic) bond motifs is 1. The lowest BCUT2D eigenvalue weighted by atomic mass is 10.2. The smallest absolute Gasteiger partial charge is 0.278 e. The van der Waals surface area contributed by atoms with Crippen molar-refractivity contribution >= 4 is 32.6 Å². The number of pyridine rings is 1. The van der Waals surface area contributed by atoms with Crippen LogP contribution in [0.5, 0.6) is 5.75 Å². The van der Waals surface area contributed by atoms with Gasteiger partial charge < -0.3 is 4.74 Å². The highest BCUT2D eigenvalue weighted by atomic mass is 32.1. The van der Waals surface area contributed by atoms with Crippen molar-refractivity contribution in [3.8, 4) is 5.75 Å². The van der Waals surface area contributed by atoms with Crippen LogP contribution in [-0.4, -0.2) is 32.8 Å². The lowest BCUT2D eigenvalue weighted by Gasteiger charge is -2.19. The number of amides is 1. The fraction of sp³-hybridized carbons (Fsp3) is 0.200. The van der Waals surface area contributed by atoms with Crippen LogP contribution in [0.25, 0.3) is 10.2 Å². The molecule has 8 heteroatoms. The number of hydrogen-bond donors (Lipinski definition) is 0. The van der Waals surface area contributed by atoms with Gasteiger partial charge in [-0.25, -0.2) is 4.98 Å². The van der Waals surface area contributed by atoms with E-state index in [1.54, 1.807) is 42.2 Å². The number of thiazole rings is 1. The van der Waals surface area contributed by atoms with Gasteiger partial charge in [-0.2, -0.15) is 5.10 Å². The van der Waals surface area contributed by atoms with Crippen LogP contribution in [0.15, 0.2) is 48.8 Å². The fourth-order valence-electron chi connectivity index (χ4n) is 2.98. The Kier molecular flexibility index (Phi) is 4.79. The minimum Gasteiger partial charge on any atom is -0.497 e. The SMILES string of the molecule is COc1ccc2nc(N(Cc3cccnc3)C(=O)c3cc(C)nn3C)sc2c1. The second-order valence-electron chi connectivity index (χ2n) is 6.38. The van der Waals surface area contributed by atoms with E-state index < -0.39 is 0 Å². The molecule has 4 aromatic rings. The fourth-order valence-corrected chi connectivity index (χ4v) is 3.98. The Bertz CT molecular complexity index is 1140. The summed E-state index contributed by atoms with van der Waals surface area (Å²) in [6.45, 7) is 2.24. The Balaban J connectivity index is 1.78. The van der Waals surface area contributed by atoms with Crippen LogP contribution in [0.4, 0.5) is 5.13 Å². The van der Waals surface area contributed by atoms with Gasteiger partial charge in [0.1, 0.15) is 11.4 Å². The average Bonchev–Trinajstić information content (AvgIpc) is 3.27. The molecule has 0 saturated carbocycles. The zero-order valence-corrected chi connectivity index (χ0v) is 16.6. The van der Waals surface area contributed by atoms with E-state index >= 15 is 0 Å². The summed E-state index contributed by atoms with van der Waals surface area (Å²) in [5.41, 5.74) is 3.05. The number of aromatic nitrogens is 4. The van der Waals surface area contributed by atoms with E-state index in [0.717, 1.165) is 27.2 Å². The van der Waals surface area contributed by atoms with Crippen LogP contribution in [0.3, 0.4) is 0 Å². The zero-order valence-electron chi connectivity index (χ0n) is 15.8. The molecule has 0 saturated heterocycles. The summed E-state index contributed by atoms with van der Waals surface area (Å²) in [6, 6.07) is 11.3. The molecule has 0 fully saturated rings. The van der Waals surface area contributed by atoms with Crippen molar-refractivity contribution in [3.63, 3.8) is 0 Å². The number of benzene rings is 1. The van der Waals surface area contributed by atoms with Crippen molar-refractivity contribution in [2.24, 2.45) is 7.05 Å². The Morgan fingerprint density at radius 1 is 1.29 bits per heavy atom. The Labute approximate surface area is 166 Å². The maximum atomic E-state index is 13.4. The van der Waals surface area contributed by atoms with Crippen LogP contribution in [-0.2, 0) is 13.6 Å². The highest BCUT2D eigenvalue weighted by Gasteiger charge is 2.24. The lowest BCUT2D eigenvalue weighted by molar-refractivity contribution is 0.0976. The van der Waals surface area contributed by atoms with E-state index in [9.17, 15) is 4.79 Å². The van der Waals surface area contributed by atoms with Crippen LogP contribution >= 0.6 is 11.3 Å². The molecule has 0 aliphatic rings. The molecule has 3 heterocycles. The van der Waals surface area contributed by atoms with E-state index in [1.165, 1.54) is 11.3 Å². The second-order valence-corrected chi connectivity index (χ2v) is 7.39. The van der Waals surface area contributed by atoms with Crippen molar-refractivity contribution in [3.05, 3.63) is 65.7 Å². The number of nitrogens with zero attached hydrogens (tertiary/aromatic N) is 5. The molecule has 0 spiro atoms. The molecule has 0 unspecified atom stereocenters. The van der Waals surface area contributed by atoms with Gasteiger partial charge in [-0.15, -0.1) is 0 Å². The van der Waals surface area contributed by atoms with Crippen molar-refractivity contribution < 1.29 is 9.53 Å². The molecule has 0 bridgehead atoms. The quantitative estimate of drug-likeness (QED) is 0.518. The van der Waals surface area contributed by atoms with Crippen molar-refractivity contribution in [1.82, 2.24) is 19.7 Å². The number of carbonyl (C=O) groups excluding carboxylic acids is 1. The molecular formula is C20H19N5O2S. The first-order chi connectivity index (χ1) is 13.5. The number of anilines is 1. The Morgan fingerprint density at radius 2 is 2.14 bits per heavy atom. The molecule has 7 nitrogen and oxygen atoms in total. The van der Waals surface area contributed by atoms with E-state index in [0.29, 0.717) is 17.4 Å². The Hall–Kier alpha value is -3.26. The Morgan fingerprint density at radius 3 is 2.82 bits per heavy atom. The molecule has 142 valence electrons. The number of carbonyl (C=O) groups is 1. The molecule has 0 radical (unpaired) electrons. The van der Waals surface area contributed by atoms with Gasteiger partial charge in [-0.3, -0.25) is 19.4 Å². The molecule has 0 N–H and O–H groups in total. The minimum atomic E-state index is -0.155. The topological polar surface area (TPSA) is 73.1 Å². The number of ether oxygens (including phenoxy) is 1. The third-order valence-electron chi connectivity index (χ3n) is 4.34. The van der Waals surface area contributed by atoms with Gasteiger partial charge in [-0.05, 0) is 42.8 Å². The van der Waals surface area contributed by atoms with E-state index in [-0.39, 0.29) is 5.91 Å². The van der Waals surface area contributed by atoms with Crippen molar-refractivity contribution in [2.45, 2.75) is 13.5 Å². The highest BCUT2D eigenvalue weighted by molar-refractivity contribution is 7.22. The predicted octanol–water partition coefficient (Wildman–Crippen LogP) is 3.59. The van der Waals surface area contributed by atoms with E-state index in [2.05, 4.69) is 15.1 Å². The van der Waals surface area contributed by atoms with Gasteiger partial charge in [0, 0.05) is 19.4 Å². The summed E-state index contributed by atoms with van der Waals surface area (Å²) in [4.78, 5) is 23.9. The van der Waals surface area contributed by atoms with Gasteiger partial charge in [0.15, 0.2) is 5.13 Å². The third-order valence-corrected chi connectivity index (χ3v) is 5.39. The molecule has 0 aliphatic heterocycles. The molecule has 0 aliphatic carbocycles. The number of aryl methyl sites for hydroxylation is 2. The average molecular weight is 393 g/mol. The van der Waals surface area contributed by atoms with Gasteiger partial charge in [-0.1, -0.05) is 17.4 Å². The first-order valence-corrected chi connectivity index (χ1v) is 9.53. The summed E-state index contributed by atoms with van der Waals surface area (Å²) in [6.07, 6.45) is 3.47. The second kappa shape index (κ2) is 7.40. The minimum absolute atomic E-state index is 0.155. The molecule has 0 atom stereocenters. The largest absolute Gasteiger partial charge is 0.497 e. The van der Waals surface area contributed by atoms with Crippen LogP contribution in [0.1, 0.15) is 21.7 Å². The molecule has 28 heavy (non-hydrogen) atoms. The van der Waals surface area contributed by atoms with Crippen LogP contribution in [0.2, 0.25) is 0 Å². The summed E-state index contributed by atoms with van der Waals surface area (Å²) in [7, 11) is 3.40. The van der Waals surface area contributed by atoms with Gasteiger partial charge in [0.05, 0.1) is 29.6 Å². The number of rotatable bonds is 5. The summed E-state index contributed by atoms with van der Waals surface area (Å²) in [5, 5.41) is 4.93. The van der Waals surface area contributed by atoms with Gasteiger partial charge in [0.2, 0.25) is 0 Å². The summed E-state index contributed by atoms with van der Waals surface area (Å²) >= 11 is 1.45. The lowest BCUT2D eigenvalue weighted by Crippen LogP contribution is -2.31. The monoisotopic (exact) mass is 393 g/mol. The molecule has 1 amide bonds. The zero-order chi connectivity index (χ0) is 19.7. The van der Waals surface area contributed by atoms with Crippen molar-refractivity contribution in [1.29, 1.82) is 0 Å². The number of hydrogen-bond acceptors (Lipinski definition) is 6. The highest BCUT2D eigenvalue weighted by Crippen LogP contribution is 2.33. The molecular weight excluding hydrogens is 374 g/mol. The van der Waals surface area contributed by atoms with Gasteiger partial charge >= 0.3 is 0 Å². The predicted molar refractivity (Wildman–Crippen MR) is 109 cm³/mol. The standard InChI is InChI=1S/C20H19N5O2S/c1-13-9-17(24(2)23-13)19(26)25(12-14-5-4-8-21-11-14)20-22-16-7-6-15(27-3)10-18(16)28-20/h4-11H,12H2,1-3H3. The number of methoxy groups -OCH3 is 1. The normalized spacial score (nSPS) is 11.0. The first-order valence-electron chi connectivity index (χ1n) is 8.71. The van der Waals surface area contributed by atoms with Crippen LogP contribution in [0, 0.1) is 6.92 Å². The summed E-state index contributed by atoms with van der Waals surface area (Å²) in [5.74, 6) is 0.605. The van der Waals surface area contributed by atoms with Crippen molar-refractivity contribution in [2.75, 3.05) is 12.0 Å². The maximum absolute atomic E-state index is 13.4. The van der Waals surface area contributed by atoms with Crippen LogP contribution < -0.4 is 9.64 Å². The molecule has 3 aromatic heterocycles. The van der Waals surface area contributed by atoms with E-state index in [4.69, 9.17) is 4.74 Å². The first kappa shape index (κ1) is 18.1.